The summed E-state index contributed by atoms with van der Waals surface area (Å²) in [6.07, 6.45) is 1.57. The highest BCUT2D eigenvalue weighted by atomic mass is 16.2. The second kappa shape index (κ2) is 7.23. The van der Waals surface area contributed by atoms with E-state index in [1.807, 2.05) is 7.05 Å². The number of rotatable bonds is 6. The summed E-state index contributed by atoms with van der Waals surface area (Å²) in [4.78, 5) is 31.2. The van der Waals surface area contributed by atoms with Crippen LogP contribution in [0.4, 0.5) is 0 Å². The maximum absolute atomic E-state index is 12.3. The fourth-order valence-corrected chi connectivity index (χ4v) is 2.25. The zero-order chi connectivity index (χ0) is 14.4. The van der Waals surface area contributed by atoms with Crippen LogP contribution < -0.4 is 5.73 Å². The van der Waals surface area contributed by atoms with Gasteiger partial charge in [-0.2, -0.15) is 0 Å². The van der Waals surface area contributed by atoms with E-state index in [4.69, 9.17) is 5.73 Å². The topological polar surface area (TPSA) is 79.0 Å². The molecule has 1 rings (SSSR count). The molecule has 1 amide bonds. The lowest BCUT2D eigenvalue weighted by Crippen LogP contribution is -2.56. The monoisotopic (exact) mass is 268 g/mol. The standard InChI is InChI=1S/C13H24N4O2/c1-10(18)9-17-8-7-16(3)12(13(17)19)5-4-6-15-11(2)14/h12H,4-9H2,1-3H3,(H2,14,15)/t12-/m0/s1. The number of nitrogens with zero attached hydrogens (tertiary/aromatic N) is 3. The molecule has 0 radical (unpaired) electrons. The van der Waals surface area contributed by atoms with Crippen LogP contribution in [0.15, 0.2) is 4.99 Å². The van der Waals surface area contributed by atoms with Gasteiger partial charge in [-0.25, -0.2) is 0 Å². The molecule has 0 unspecified atom stereocenters. The number of carbonyl (C=O) groups is 2. The van der Waals surface area contributed by atoms with Crippen molar-refractivity contribution in [1.82, 2.24) is 9.80 Å². The van der Waals surface area contributed by atoms with Crippen molar-refractivity contribution in [3.05, 3.63) is 0 Å². The Kier molecular flexibility index (Phi) is 5.95. The van der Waals surface area contributed by atoms with Crippen LogP contribution in [0.5, 0.6) is 0 Å². The molecular formula is C13H24N4O2. The number of piperazine rings is 1. The first-order valence-electron chi connectivity index (χ1n) is 6.66. The molecule has 0 bridgehead atoms. The van der Waals surface area contributed by atoms with Gasteiger partial charge in [0.25, 0.3) is 0 Å². The van der Waals surface area contributed by atoms with Crippen LogP contribution in [0.1, 0.15) is 26.7 Å². The predicted octanol–water partition coefficient (Wildman–Crippen LogP) is -0.125. The Morgan fingerprint density at radius 2 is 2.11 bits per heavy atom. The van der Waals surface area contributed by atoms with Crippen LogP contribution in [0, 0.1) is 0 Å². The third kappa shape index (κ3) is 4.98. The molecule has 19 heavy (non-hydrogen) atoms. The van der Waals surface area contributed by atoms with Gasteiger partial charge < -0.3 is 10.6 Å². The first-order chi connectivity index (χ1) is 8.91. The van der Waals surface area contributed by atoms with E-state index in [1.165, 1.54) is 6.92 Å². The maximum atomic E-state index is 12.3. The van der Waals surface area contributed by atoms with Gasteiger partial charge in [-0.3, -0.25) is 19.5 Å². The van der Waals surface area contributed by atoms with Crippen LogP contribution in [-0.2, 0) is 9.59 Å². The average molecular weight is 268 g/mol. The van der Waals surface area contributed by atoms with Gasteiger partial charge in [-0.1, -0.05) is 0 Å². The zero-order valence-corrected chi connectivity index (χ0v) is 12.1. The fraction of sp³-hybridized carbons (Fsp3) is 0.769. The SMILES string of the molecule is CC(=O)CN1CCN(C)[C@@H](CCCN=C(C)N)C1=O. The number of nitrogens with two attached hydrogens (primary N) is 1. The molecule has 0 spiro atoms. The smallest absolute Gasteiger partial charge is 0.240 e. The average Bonchev–Trinajstić information content (AvgIpc) is 2.31. The molecule has 1 aliphatic rings. The van der Waals surface area contributed by atoms with E-state index >= 15 is 0 Å². The number of aliphatic imine (C=N–C) groups is 1. The molecule has 0 aromatic carbocycles. The molecule has 0 saturated carbocycles. The molecule has 0 aliphatic carbocycles. The van der Waals surface area contributed by atoms with Crippen molar-refractivity contribution in [3.63, 3.8) is 0 Å². The van der Waals surface area contributed by atoms with Gasteiger partial charge in [0, 0.05) is 19.6 Å². The fourth-order valence-electron chi connectivity index (χ4n) is 2.25. The van der Waals surface area contributed by atoms with Gasteiger partial charge >= 0.3 is 0 Å². The van der Waals surface area contributed by atoms with Crippen molar-refractivity contribution in [2.75, 3.05) is 33.2 Å². The highest BCUT2D eigenvalue weighted by Gasteiger charge is 2.32. The van der Waals surface area contributed by atoms with Crippen molar-refractivity contribution >= 4 is 17.5 Å². The minimum absolute atomic E-state index is 0.0278. The van der Waals surface area contributed by atoms with E-state index in [0.29, 0.717) is 18.9 Å². The molecule has 6 heteroatoms. The second-order valence-electron chi connectivity index (χ2n) is 5.12. The van der Waals surface area contributed by atoms with Crippen molar-refractivity contribution in [3.8, 4) is 0 Å². The molecule has 1 aliphatic heterocycles. The third-order valence-electron chi connectivity index (χ3n) is 3.26. The Bertz CT molecular complexity index is 364. The highest BCUT2D eigenvalue weighted by Crippen LogP contribution is 2.14. The van der Waals surface area contributed by atoms with E-state index in [1.54, 1.807) is 11.8 Å². The Morgan fingerprint density at radius 1 is 1.42 bits per heavy atom. The van der Waals surface area contributed by atoms with Crippen molar-refractivity contribution < 1.29 is 9.59 Å². The number of hydrogen-bond acceptors (Lipinski definition) is 4. The van der Waals surface area contributed by atoms with Crippen LogP contribution >= 0.6 is 0 Å². The van der Waals surface area contributed by atoms with Crippen molar-refractivity contribution in [2.24, 2.45) is 10.7 Å². The van der Waals surface area contributed by atoms with Crippen molar-refractivity contribution in [2.45, 2.75) is 32.7 Å². The Balaban J connectivity index is 2.51. The number of amides is 1. The third-order valence-corrected chi connectivity index (χ3v) is 3.26. The normalized spacial score (nSPS) is 21.8. The predicted molar refractivity (Wildman–Crippen MR) is 75.1 cm³/mol. The number of carbonyl (C=O) groups excluding carboxylic acids is 2. The summed E-state index contributed by atoms with van der Waals surface area (Å²) in [5.41, 5.74) is 5.47. The summed E-state index contributed by atoms with van der Waals surface area (Å²) < 4.78 is 0. The Morgan fingerprint density at radius 3 is 2.68 bits per heavy atom. The molecular weight excluding hydrogens is 244 g/mol. The number of hydrogen-bond donors (Lipinski definition) is 1. The highest BCUT2D eigenvalue weighted by molar-refractivity contribution is 5.88. The van der Waals surface area contributed by atoms with Crippen LogP contribution in [0.2, 0.25) is 0 Å². The molecule has 6 nitrogen and oxygen atoms in total. The van der Waals surface area contributed by atoms with Crippen LogP contribution in [0.3, 0.4) is 0 Å². The summed E-state index contributed by atoms with van der Waals surface area (Å²) in [6, 6.07) is -0.138. The van der Waals surface area contributed by atoms with E-state index in [0.717, 1.165) is 19.4 Å². The van der Waals surface area contributed by atoms with Gasteiger partial charge in [0.05, 0.1) is 18.4 Å². The first-order valence-corrected chi connectivity index (χ1v) is 6.66. The molecule has 0 aromatic heterocycles. The van der Waals surface area contributed by atoms with Gasteiger partial charge in [0.15, 0.2) is 0 Å². The zero-order valence-electron chi connectivity index (χ0n) is 12.1. The number of Topliss-reactive ketones (excluding diaryl/α,β-unsaturated/α-hetero) is 1. The molecule has 0 aromatic rings. The molecule has 2 N–H and O–H groups in total. The largest absolute Gasteiger partial charge is 0.388 e. The summed E-state index contributed by atoms with van der Waals surface area (Å²) >= 11 is 0. The minimum Gasteiger partial charge on any atom is -0.388 e. The molecule has 1 heterocycles. The summed E-state index contributed by atoms with van der Waals surface area (Å²) in [7, 11) is 1.95. The van der Waals surface area contributed by atoms with Crippen LogP contribution in [-0.4, -0.2) is 66.6 Å². The lowest BCUT2D eigenvalue weighted by molar-refractivity contribution is -0.143. The van der Waals surface area contributed by atoms with Gasteiger partial charge in [-0.05, 0) is 33.7 Å². The minimum atomic E-state index is -0.138. The Labute approximate surface area is 114 Å². The number of ketones is 1. The summed E-state index contributed by atoms with van der Waals surface area (Å²) in [5, 5.41) is 0. The molecule has 108 valence electrons. The molecule has 1 atom stereocenters. The van der Waals surface area contributed by atoms with E-state index in [9.17, 15) is 9.59 Å². The molecule has 1 fully saturated rings. The lowest BCUT2D eigenvalue weighted by Gasteiger charge is -2.38. The quantitative estimate of drug-likeness (QED) is 0.414. The van der Waals surface area contributed by atoms with E-state index in [-0.39, 0.29) is 24.3 Å². The van der Waals surface area contributed by atoms with Crippen LogP contribution in [0.25, 0.3) is 0 Å². The van der Waals surface area contributed by atoms with Gasteiger partial charge in [0.2, 0.25) is 5.91 Å². The Hall–Kier alpha value is -1.43. The number of amidine groups is 1. The summed E-state index contributed by atoms with van der Waals surface area (Å²) in [5.74, 6) is 0.652. The van der Waals surface area contributed by atoms with E-state index in [2.05, 4.69) is 9.89 Å². The molecule has 1 saturated heterocycles. The first kappa shape index (κ1) is 15.6. The van der Waals surface area contributed by atoms with E-state index < -0.39 is 0 Å². The maximum Gasteiger partial charge on any atom is 0.240 e. The lowest BCUT2D eigenvalue weighted by atomic mass is 10.1. The summed E-state index contributed by atoms with van der Waals surface area (Å²) in [6.45, 7) is 5.58. The van der Waals surface area contributed by atoms with Gasteiger partial charge in [0.1, 0.15) is 5.78 Å². The second-order valence-corrected chi connectivity index (χ2v) is 5.12. The van der Waals surface area contributed by atoms with Crippen molar-refractivity contribution in [1.29, 1.82) is 0 Å². The van der Waals surface area contributed by atoms with Gasteiger partial charge in [-0.15, -0.1) is 0 Å². The number of likely N-dealkylation sites (N-methyl/N-ethyl adjacent to an activating group) is 1.